The zero-order valence-corrected chi connectivity index (χ0v) is 21.7. The molecule has 0 aliphatic heterocycles. The van der Waals surface area contributed by atoms with Crippen LogP contribution in [0.5, 0.6) is 0 Å². The zero-order chi connectivity index (χ0) is 24.7. The largest absolute Gasteiger partial charge is 0.332 e. The molecule has 0 spiro atoms. The third-order valence-electron chi connectivity index (χ3n) is 4.77. The quantitative estimate of drug-likeness (QED) is 0.158. The first kappa shape index (κ1) is 26.0. The minimum Gasteiger partial charge on any atom is -0.332 e. The number of ketones is 1. The number of carbonyl (C=O) groups excluding carboxylic acids is 2. The van der Waals surface area contributed by atoms with Crippen molar-refractivity contribution in [2.45, 2.75) is 30.4 Å². The van der Waals surface area contributed by atoms with Crippen molar-refractivity contribution < 1.29 is 9.59 Å². The Morgan fingerprint density at radius 2 is 1.53 bits per heavy atom. The SMILES string of the molecule is CCC(Sc1cccc(NC(=S)Nc2ccc(C(C)=O)cc2)c1)C(=O)Nc1ccc(Cl)c(Cl)c1. The van der Waals surface area contributed by atoms with E-state index in [1.807, 2.05) is 31.2 Å². The van der Waals surface area contributed by atoms with Crippen LogP contribution >= 0.6 is 47.2 Å². The molecule has 0 aromatic heterocycles. The molecular weight excluding hydrogens is 509 g/mol. The highest BCUT2D eigenvalue weighted by atomic mass is 35.5. The smallest absolute Gasteiger partial charge is 0.237 e. The second-order valence-electron chi connectivity index (χ2n) is 7.37. The molecule has 3 aromatic rings. The molecule has 176 valence electrons. The molecule has 0 saturated carbocycles. The van der Waals surface area contributed by atoms with E-state index in [9.17, 15) is 9.59 Å². The van der Waals surface area contributed by atoms with E-state index in [0.29, 0.717) is 32.8 Å². The molecule has 0 saturated heterocycles. The van der Waals surface area contributed by atoms with Crippen molar-refractivity contribution in [1.82, 2.24) is 0 Å². The van der Waals surface area contributed by atoms with Crippen molar-refractivity contribution >= 4 is 81.0 Å². The van der Waals surface area contributed by atoms with Crippen LogP contribution in [0.1, 0.15) is 30.6 Å². The Hall–Kier alpha value is -2.58. The number of halogens is 2. The lowest BCUT2D eigenvalue weighted by molar-refractivity contribution is -0.115. The van der Waals surface area contributed by atoms with E-state index in [1.165, 1.54) is 18.7 Å². The van der Waals surface area contributed by atoms with Gasteiger partial charge in [-0.15, -0.1) is 11.8 Å². The van der Waals surface area contributed by atoms with Crippen LogP contribution in [0, 0.1) is 0 Å². The minimum absolute atomic E-state index is 0.0117. The maximum atomic E-state index is 12.8. The Morgan fingerprint density at radius 3 is 2.18 bits per heavy atom. The van der Waals surface area contributed by atoms with Crippen LogP contribution in [0.3, 0.4) is 0 Å². The van der Waals surface area contributed by atoms with Gasteiger partial charge in [-0.25, -0.2) is 0 Å². The molecule has 0 radical (unpaired) electrons. The molecule has 3 aromatic carbocycles. The van der Waals surface area contributed by atoms with Crippen molar-refractivity contribution in [2.75, 3.05) is 16.0 Å². The van der Waals surface area contributed by atoms with Gasteiger partial charge in [0.1, 0.15) is 0 Å². The third kappa shape index (κ3) is 7.46. The van der Waals surface area contributed by atoms with E-state index in [0.717, 1.165) is 16.3 Å². The highest BCUT2D eigenvalue weighted by molar-refractivity contribution is 8.00. The van der Waals surface area contributed by atoms with Gasteiger partial charge in [-0.05, 0) is 86.2 Å². The lowest BCUT2D eigenvalue weighted by Crippen LogP contribution is -2.24. The maximum absolute atomic E-state index is 12.8. The summed E-state index contributed by atoms with van der Waals surface area (Å²) in [6.45, 7) is 3.49. The fourth-order valence-electron chi connectivity index (χ4n) is 3.01. The van der Waals surface area contributed by atoms with Crippen LogP contribution in [-0.2, 0) is 4.79 Å². The van der Waals surface area contributed by atoms with E-state index in [2.05, 4.69) is 16.0 Å². The first-order chi connectivity index (χ1) is 16.2. The third-order valence-corrected chi connectivity index (χ3v) is 7.07. The summed E-state index contributed by atoms with van der Waals surface area (Å²) in [6, 6.07) is 19.8. The molecule has 0 heterocycles. The molecule has 0 aliphatic rings. The van der Waals surface area contributed by atoms with Gasteiger partial charge in [0.15, 0.2) is 10.9 Å². The molecule has 0 aliphatic carbocycles. The number of thiocarbonyl (C=S) groups is 1. The predicted molar refractivity (Wildman–Crippen MR) is 148 cm³/mol. The summed E-state index contributed by atoms with van der Waals surface area (Å²) >= 11 is 18.9. The van der Waals surface area contributed by atoms with Crippen LogP contribution in [0.4, 0.5) is 17.1 Å². The van der Waals surface area contributed by atoms with Gasteiger partial charge in [-0.3, -0.25) is 9.59 Å². The van der Waals surface area contributed by atoms with Crippen molar-refractivity contribution in [2.24, 2.45) is 0 Å². The van der Waals surface area contributed by atoms with E-state index < -0.39 is 0 Å². The second kappa shape index (κ2) is 12.2. The number of rotatable bonds is 8. The predicted octanol–water partition coefficient (Wildman–Crippen LogP) is 7.51. The standard InChI is InChI=1S/C25H23Cl2N3O2S2/c1-3-23(24(32)28-19-11-12-21(26)22(27)14-19)34-20-6-4-5-18(13-20)30-25(33)29-17-9-7-16(8-10-17)15(2)31/h4-14,23H,3H2,1-2H3,(H,28,32)(H2,29,30,33). The summed E-state index contributed by atoms with van der Waals surface area (Å²) in [5.41, 5.74) is 2.81. The molecule has 0 bridgehead atoms. The summed E-state index contributed by atoms with van der Waals surface area (Å²) in [7, 11) is 0. The fraction of sp³-hybridized carbons (Fsp3) is 0.160. The second-order valence-corrected chi connectivity index (χ2v) is 9.87. The zero-order valence-electron chi connectivity index (χ0n) is 18.5. The molecule has 9 heteroatoms. The summed E-state index contributed by atoms with van der Waals surface area (Å²) < 4.78 is 0. The Bertz CT molecular complexity index is 1200. The minimum atomic E-state index is -0.297. The van der Waals surface area contributed by atoms with Gasteiger partial charge >= 0.3 is 0 Å². The van der Waals surface area contributed by atoms with Gasteiger partial charge in [-0.1, -0.05) is 36.2 Å². The number of hydrogen-bond donors (Lipinski definition) is 3. The highest BCUT2D eigenvalue weighted by Crippen LogP contribution is 2.30. The van der Waals surface area contributed by atoms with Gasteiger partial charge in [-0.2, -0.15) is 0 Å². The van der Waals surface area contributed by atoms with E-state index in [-0.39, 0.29) is 16.9 Å². The Morgan fingerprint density at radius 1 is 0.882 bits per heavy atom. The number of hydrogen-bond acceptors (Lipinski definition) is 4. The van der Waals surface area contributed by atoms with Crippen LogP contribution < -0.4 is 16.0 Å². The Labute approximate surface area is 218 Å². The molecule has 3 rings (SSSR count). The van der Waals surface area contributed by atoms with Crippen molar-refractivity contribution in [3.8, 4) is 0 Å². The summed E-state index contributed by atoms with van der Waals surface area (Å²) in [5.74, 6) is -0.104. The van der Waals surface area contributed by atoms with Crippen molar-refractivity contribution in [3.05, 3.63) is 82.3 Å². The fourth-order valence-corrected chi connectivity index (χ4v) is 4.56. The number of benzene rings is 3. The van der Waals surface area contributed by atoms with Crippen LogP contribution in [0.25, 0.3) is 0 Å². The van der Waals surface area contributed by atoms with Gasteiger partial charge in [0.05, 0.1) is 15.3 Å². The molecule has 1 atom stereocenters. The maximum Gasteiger partial charge on any atom is 0.237 e. The number of thioether (sulfide) groups is 1. The van der Waals surface area contributed by atoms with E-state index in [4.69, 9.17) is 35.4 Å². The van der Waals surface area contributed by atoms with Crippen molar-refractivity contribution in [3.63, 3.8) is 0 Å². The normalized spacial score (nSPS) is 11.4. The lowest BCUT2D eigenvalue weighted by Gasteiger charge is -2.16. The molecule has 1 amide bonds. The van der Waals surface area contributed by atoms with Crippen molar-refractivity contribution in [1.29, 1.82) is 0 Å². The monoisotopic (exact) mass is 531 g/mol. The summed E-state index contributed by atoms with van der Waals surface area (Å²) in [6.07, 6.45) is 0.645. The first-order valence-corrected chi connectivity index (χ1v) is 12.5. The topological polar surface area (TPSA) is 70.2 Å². The lowest BCUT2D eigenvalue weighted by atomic mass is 10.1. The number of nitrogens with one attached hydrogen (secondary N) is 3. The van der Waals surface area contributed by atoms with E-state index >= 15 is 0 Å². The summed E-state index contributed by atoms with van der Waals surface area (Å²) in [4.78, 5) is 25.1. The molecule has 5 nitrogen and oxygen atoms in total. The molecule has 34 heavy (non-hydrogen) atoms. The average molecular weight is 533 g/mol. The molecule has 3 N–H and O–H groups in total. The molecule has 1 unspecified atom stereocenters. The van der Waals surface area contributed by atoms with E-state index in [1.54, 1.807) is 42.5 Å². The number of anilines is 3. The number of Topliss-reactive ketones (excluding diaryl/α,β-unsaturated/α-hetero) is 1. The molecule has 0 fully saturated rings. The number of carbonyl (C=O) groups is 2. The Balaban J connectivity index is 1.60. The van der Waals surface area contributed by atoms with Gasteiger partial charge in [0, 0.05) is 27.5 Å². The molecular formula is C25H23Cl2N3O2S2. The van der Waals surface area contributed by atoms with Gasteiger partial charge < -0.3 is 16.0 Å². The average Bonchev–Trinajstić information content (AvgIpc) is 2.80. The first-order valence-electron chi connectivity index (χ1n) is 10.5. The van der Waals surface area contributed by atoms with Gasteiger partial charge in [0.25, 0.3) is 0 Å². The van der Waals surface area contributed by atoms with Crippen LogP contribution in [-0.4, -0.2) is 22.1 Å². The van der Waals surface area contributed by atoms with Gasteiger partial charge in [0.2, 0.25) is 5.91 Å². The summed E-state index contributed by atoms with van der Waals surface area (Å²) in [5, 5.41) is 10.1. The highest BCUT2D eigenvalue weighted by Gasteiger charge is 2.18. The number of amides is 1. The van der Waals surface area contributed by atoms with Crippen LogP contribution in [0.15, 0.2) is 71.6 Å². The Kier molecular flexibility index (Phi) is 9.36. The van der Waals surface area contributed by atoms with Crippen LogP contribution in [0.2, 0.25) is 10.0 Å².